The van der Waals surface area contributed by atoms with Crippen LogP contribution in [-0.2, 0) is 10.0 Å². The summed E-state index contributed by atoms with van der Waals surface area (Å²) in [6.07, 6.45) is 1.10. The molecule has 1 aromatic carbocycles. The van der Waals surface area contributed by atoms with E-state index >= 15 is 0 Å². The summed E-state index contributed by atoms with van der Waals surface area (Å²) in [6.45, 7) is 1.70. The van der Waals surface area contributed by atoms with Crippen LogP contribution in [0.15, 0.2) is 12.1 Å². The van der Waals surface area contributed by atoms with Crippen molar-refractivity contribution in [2.45, 2.75) is 13.0 Å². The second-order valence-corrected chi connectivity index (χ2v) is 6.61. The van der Waals surface area contributed by atoms with Crippen molar-refractivity contribution in [3.05, 3.63) is 28.0 Å². The lowest BCUT2D eigenvalue weighted by molar-refractivity contribution is 0.567. The van der Waals surface area contributed by atoms with E-state index in [9.17, 15) is 8.42 Å². The highest BCUT2D eigenvalue weighted by Crippen LogP contribution is 2.27. The number of sulfonamides is 1. The highest BCUT2D eigenvalue weighted by molar-refractivity contribution is 7.88. The van der Waals surface area contributed by atoms with Crippen molar-refractivity contribution < 1.29 is 8.42 Å². The molecule has 2 rings (SSSR count). The van der Waals surface area contributed by atoms with E-state index in [-0.39, 0.29) is 0 Å². The third kappa shape index (κ3) is 2.95. The Morgan fingerprint density at radius 3 is 2.56 bits per heavy atom. The smallest absolute Gasteiger partial charge is 0.209 e. The number of aromatic amines is 1. The molecule has 2 aromatic rings. The van der Waals surface area contributed by atoms with Crippen LogP contribution in [0.25, 0.3) is 11.0 Å². The van der Waals surface area contributed by atoms with Gasteiger partial charge < -0.3 is 4.98 Å². The van der Waals surface area contributed by atoms with Crippen LogP contribution in [0.3, 0.4) is 0 Å². The molecule has 0 aliphatic carbocycles. The number of nitrogens with zero attached hydrogens (tertiary/aromatic N) is 1. The predicted octanol–water partition coefficient (Wildman–Crippen LogP) is 2.48. The molecule has 2 N–H and O–H groups in total. The zero-order valence-electron chi connectivity index (χ0n) is 9.66. The van der Waals surface area contributed by atoms with Crippen molar-refractivity contribution in [2.75, 3.05) is 6.26 Å². The first-order chi connectivity index (χ1) is 8.26. The quantitative estimate of drug-likeness (QED) is 0.914. The molecule has 0 radical (unpaired) electrons. The van der Waals surface area contributed by atoms with Gasteiger partial charge in [0.2, 0.25) is 10.0 Å². The van der Waals surface area contributed by atoms with Crippen LogP contribution in [-0.4, -0.2) is 24.6 Å². The first kappa shape index (κ1) is 13.6. The summed E-state index contributed by atoms with van der Waals surface area (Å²) in [6, 6.07) is 2.83. The van der Waals surface area contributed by atoms with E-state index < -0.39 is 16.1 Å². The molecule has 1 aromatic heterocycles. The number of hydrogen-bond acceptors (Lipinski definition) is 3. The lowest BCUT2D eigenvalue weighted by Gasteiger charge is -2.08. The first-order valence-electron chi connectivity index (χ1n) is 5.08. The van der Waals surface area contributed by atoms with E-state index in [0.29, 0.717) is 26.9 Å². The summed E-state index contributed by atoms with van der Waals surface area (Å²) >= 11 is 11.8. The molecule has 5 nitrogen and oxygen atoms in total. The molecule has 0 fully saturated rings. The van der Waals surface area contributed by atoms with E-state index in [4.69, 9.17) is 23.2 Å². The Balaban J connectivity index is 2.41. The Morgan fingerprint density at radius 1 is 1.33 bits per heavy atom. The molecule has 0 saturated carbocycles. The predicted molar refractivity (Wildman–Crippen MR) is 72.5 cm³/mol. The monoisotopic (exact) mass is 307 g/mol. The van der Waals surface area contributed by atoms with Gasteiger partial charge in [-0.2, -0.15) is 0 Å². The molecule has 0 spiro atoms. The molecule has 1 atom stereocenters. The average Bonchev–Trinajstić information content (AvgIpc) is 2.59. The van der Waals surface area contributed by atoms with E-state index in [2.05, 4.69) is 14.7 Å². The normalized spacial score (nSPS) is 14.0. The molecular weight excluding hydrogens is 297 g/mol. The molecule has 1 heterocycles. The number of imidazole rings is 1. The fourth-order valence-corrected chi connectivity index (χ4v) is 2.68. The molecule has 0 bridgehead atoms. The zero-order valence-corrected chi connectivity index (χ0v) is 12.0. The maximum Gasteiger partial charge on any atom is 0.209 e. The molecular formula is C10H11Cl2N3O2S. The summed E-state index contributed by atoms with van der Waals surface area (Å²) in [5.74, 6) is 0.508. The topological polar surface area (TPSA) is 74.8 Å². The second kappa shape index (κ2) is 4.70. The van der Waals surface area contributed by atoms with E-state index in [1.807, 2.05) is 0 Å². The number of hydrogen-bond donors (Lipinski definition) is 2. The highest BCUT2D eigenvalue weighted by atomic mass is 35.5. The van der Waals surface area contributed by atoms with Crippen LogP contribution in [0, 0.1) is 0 Å². The minimum Gasteiger partial charge on any atom is -0.341 e. The fourth-order valence-electron chi connectivity index (χ4n) is 1.61. The molecule has 8 heteroatoms. The van der Waals surface area contributed by atoms with Gasteiger partial charge >= 0.3 is 0 Å². The van der Waals surface area contributed by atoms with Crippen molar-refractivity contribution in [3.8, 4) is 0 Å². The van der Waals surface area contributed by atoms with Gasteiger partial charge in [-0.15, -0.1) is 0 Å². The van der Waals surface area contributed by atoms with Crippen molar-refractivity contribution in [3.63, 3.8) is 0 Å². The van der Waals surface area contributed by atoms with Crippen molar-refractivity contribution in [1.82, 2.24) is 14.7 Å². The Labute approximate surface area is 115 Å². The summed E-state index contributed by atoms with van der Waals surface area (Å²) < 4.78 is 24.7. The Hall–Kier alpha value is -0.820. The minimum absolute atomic E-state index is 0.408. The summed E-state index contributed by atoms with van der Waals surface area (Å²) in [7, 11) is -3.29. The van der Waals surface area contributed by atoms with E-state index in [1.54, 1.807) is 19.1 Å². The third-order valence-corrected chi connectivity index (χ3v) is 3.85. The van der Waals surface area contributed by atoms with Crippen LogP contribution in [0.1, 0.15) is 18.8 Å². The van der Waals surface area contributed by atoms with Gasteiger partial charge in [0.1, 0.15) is 5.82 Å². The molecule has 98 valence electrons. The highest BCUT2D eigenvalue weighted by Gasteiger charge is 2.15. The van der Waals surface area contributed by atoms with Gasteiger partial charge in [0.25, 0.3) is 0 Å². The number of aromatic nitrogens is 2. The van der Waals surface area contributed by atoms with E-state index in [1.165, 1.54) is 0 Å². The lowest BCUT2D eigenvalue weighted by atomic mass is 10.3. The van der Waals surface area contributed by atoms with E-state index in [0.717, 1.165) is 6.26 Å². The standard InChI is InChI=1S/C10H11Cl2N3O2S/c1-5(15-18(2,16)17)10-13-8-3-6(11)7(12)4-9(8)14-10/h3-5,15H,1-2H3,(H,13,14)/t5-/m1/s1. The molecule has 0 unspecified atom stereocenters. The number of rotatable bonds is 3. The van der Waals surface area contributed by atoms with Crippen LogP contribution in [0.2, 0.25) is 10.0 Å². The van der Waals surface area contributed by atoms with Gasteiger partial charge in [-0.3, -0.25) is 0 Å². The SMILES string of the molecule is C[C@@H](NS(C)(=O)=O)c1nc2cc(Cl)c(Cl)cc2[nH]1. The van der Waals surface area contributed by atoms with Crippen molar-refractivity contribution in [1.29, 1.82) is 0 Å². The molecule has 0 saturated heterocycles. The van der Waals surface area contributed by atoms with Crippen LogP contribution >= 0.6 is 23.2 Å². The Morgan fingerprint density at radius 2 is 1.94 bits per heavy atom. The van der Waals surface area contributed by atoms with Crippen molar-refractivity contribution in [2.24, 2.45) is 0 Å². The molecule has 18 heavy (non-hydrogen) atoms. The second-order valence-electron chi connectivity index (χ2n) is 4.02. The lowest BCUT2D eigenvalue weighted by Crippen LogP contribution is -2.26. The van der Waals surface area contributed by atoms with Gasteiger partial charge in [-0.25, -0.2) is 18.1 Å². The van der Waals surface area contributed by atoms with Gasteiger partial charge in [0.05, 0.1) is 33.4 Å². The third-order valence-electron chi connectivity index (χ3n) is 2.34. The molecule has 0 amide bonds. The van der Waals surface area contributed by atoms with Crippen LogP contribution in [0.4, 0.5) is 0 Å². The number of nitrogens with one attached hydrogen (secondary N) is 2. The van der Waals surface area contributed by atoms with Gasteiger partial charge in [-0.05, 0) is 19.1 Å². The minimum atomic E-state index is -3.29. The first-order valence-corrected chi connectivity index (χ1v) is 7.73. The number of benzene rings is 1. The van der Waals surface area contributed by atoms with Crippen LogP contribution in [0.5, 0.6) is 0 Å². The Bertz CT molecular complexity index is 657. The van der Waals surface area contributed by atoms with Gasteiger partial charge in [0.15, 0.2) is 0 Å². The molecule has 0 aliphatic rings. The maximum absolute atomic E-state index is 11.1. The summed E-state index contributed by atoms with van der Waals surface area (Å²) in [5.41, 5.74) is 1.35. The Kier molecular flexibility index (Phi) is 3.55. The summed E-state index contributed by atoms with van der Waals surface area (Å²) in [5, 5.41) is 0.828. The zero-order chi connectivity index (χ0) is 13.5. The summed E-state index contributed by atoms with van der Waals surface area (Å²) in [4.78, 5) is 7.28. The fraction of sp³-hybridized carbons (Fsp3) is 0.300. The largest absolute Gasteiger partial charge is 0.341 e. The van der Waals surface area contributed by atoms with Crippen LogP contribution < -0.4 is 4.72 Å². The average molecular weight is 308 g/mol. The number of halogens is 2. The van der Waals surface area contributed by atoms with Crippen molar-refractivity contribution >= 4 is 44.3 Å². The number of H-pyrrole nitrogens is 1. The number of fused-ring (bicyclic) bond motifs is 1. The van der Waals surface area contributed by atoms with Gasteiger partial charge in [0, 0.05) is 0 Å². The maximum atomic E-state index is 11.1. The molecule has 0 aliphatic heterocycles. The van der Waals surface area contributed by atoms with Gasteiger partial charge in [-0.1, -0.05) is 23.2 Å².